The molecule has 3 nitrogen and oxygen atoms in total. The normalized spacial score (nSPS) is 20.9. The molecule has 1 unspecified atom stereocenters. The predicted octanol–water partition coefficient (Wildman–Crippen LogP) is 1.03. The maximum Gasteiger partial charge on any atom is 0.173 e. The van der Waals surface area contributed by atoms with E-state index in [9.17, 15) is 9.59 Å². The van der Waals surface area contributed by atoms with E-state index in [1.165, 1.54) is 0 Å². The van der Waals surface area contributed by atoms with E-state index in [2.05, 4.69) is 4.98 Å². The zero-order valence-corrected chi connectivity index (χ0v) is 7.06. The molecule has 0 amide bonds. The fraction of sp³-hybridized carbons (Fsp3) is 0.300. The molecule has 0 N–H and O–H groups in total. The van der Waals surface area contributed by atoms with E-state index in [-0.39, 0.29) is 5.78 Å². The van der Waals surface area contributed by atoms with Gasteiger partial charge in [-0.05, 0) is 24.5 Å². The van der Waals surface area contributed by atoms with Crippen LogP contribution in [-0.4, -0.2) is 17.1 Å². The molecule has 0 spiro atoms. The second-order valence-electron chi connectivity index (χ2n) is 3.18. The van der Waals surface area contributed by atoms with Crippen molar-refractivity contribution in [2.24, 2.45) is 5.92 Å². The van der Waals surface area contributed by atoms with Crippen LogP contribution in [-0.2, 0) is 11.2 Å². The van der Waals surface area contributed by atoms with Gasteiger partial charge in [0, 0.05) is 18.0 Å². The van der Waals surface area contributed by atoms with Gasteiger partial charge in [-0.2, -0.15) is 0 Å². The van der Waals surface area contributed by atoms with E-state index in [1.807, 2.05) is 0 Å². The number of hydrogen-bond acceptors (Lipinski definition) is 3. The summed E-state index contributed by atoms with van der Waals surface area (Å²) in [6.45, 7) is 0. The van der Waals surface area contributed by atoms with E-state index in [0.717, 1.165) is 18.3 Å². The summed E-state index contributed by atoms with van der Waals surface area (Å²) in [5, 5.41) is 0. The number of fused-ring (bicyclic) bond motifs is 1. The van der Waals surface area contributed by atoms with Crippen LogP contribution in [0.3, 0.4) is 0 Å². The third kappa shape index (κ3) is 1.26. The average molecular weight is 175 g/mol. The van der Waals surface area contributed by atoms with Crippen LogP contribution in [0, 0.1) is 5.92 Å². The summed E-state index contributed by atoms with van der Waals surface area (Å²) in [6, 6.07) is 1.69. The van der Waals surface area contributed by atoms with Crippen LogP contribution < -0.4 is 0 Å². The summed E-state index contributed by atoms with van der Waals surface area (Å²) in [7, 11) is 0. The van der Waals surface area contributed by atoms with Crippen molar-refractivity contribution in [2.75, 3.05) is 0 Å². The first-order chi connectivity index (χ1) is 6.33. The Balaban J connectivity index is 2.45. The number of carbonyl (C=O) groups is 2. The van der Waals surface area contributed by atoms with Gasteiger partial charge in [0.05, 0.1) is 5.92 Å². The number of nitrogens with zero attached hydrogens (tertiary/aromatic N) is 1. The van der Waals surface area contributed by atoms with Crippen LogP contribution in [0.5, 0.6) is 0 Å². The molecule has 0 saturated carbocycles. The van der Waals surface area contributed by atoms with Crippen molar-refractivity contribution in [3.8, 4) is 0 Å². The molecule has 0 bridgehead atoms. The minimum Gasteiger partial charge on any atom is -0.303 e. The van der Waals surface area contributed by atoms with Gasteiger partial charge in [-0.15, -0.1) is 0 Å². The van der Waals surface area contributed by atoms with Crippen LogP contribution in [0.4, 0.5) is 0 Å². The van der Waals surface area contributed by atoms with Gasteiger partial charge in [0.25, 0.3) is 0 Å². The van der Waals surface area contributed by atoms with Crippen molar-refractivity contribution in [1.29, 1.82) is 0 Å². The second kappa shape index (κ2) is 3.09. The van der Waals surface area contributed by atoms with Gasteiger partial charge >= 0.3 is 0 Å². The second-order valence-corrected chi connectivity index (χ2v) is 3.18. The van der Waals surface area contributed by atoms with Crippen LogP contribution in [0.15, 0.2) is 18.5 Å². The minimum atomic E-state index is -0.435. The molecule has 1 aromatic heterocycles. The van der Waals surface area contributed by atoms with Gasteiger partial charge in [0.15, 0.2) is 5.78 Å². The summed E-state index contributed by atoms with van der Waals surface area (Å²) in [5.74, 6) is -0.492. The van der Waals surface area contributed by atoms with Crippen molar-refractivity contribution in [2.45, 2.75) is 12.8 Å². The van der Waals surface area contributed by atoms with Crippen LogP contribution >= 0.6 is 0 Å². The quantitative estimate of drug-likeness (QED) is 0.473. The monoisotopic (exact) mass is 175 g/mol. The third-order valence-corrected chi connectivity index (χ3v) is 2.39. The fourth-order valence-electron chi connectivity index (χ4n) is 1.64. The molecule has 0 radical (unpaired) electrons. The zero-order valence-electron chi connectivity index (χ0n) is 7.06. The van der Waals surface area contributed by atoms with E-state index in [0.29, 0.717) is 12.0 Å². The lowest BCUT2D eigenvalue weighted by molar-refractivity contribution is -0.110. The molecule has 1 atom stereocenters. The lowest BCUT2D eigenvalue weighted by atomic mass is 9.85. The molecular weight excluding hydrogens is 166 g/mol. The highest BCUT2D eigenvalue weighted by Crippen LogP contribution is 2.23. The Morgan fingerprint density at radius 2 is 2.38 bits per heavy atom. The van der Waals surface area contributed by atoms with Crippen LogP contribution in [0.25, 0.3) is 0 Å². The molecule has 0 aromatic carbocycles. The Kier molecular flexibility index (Phi) is 1.93. The standard InChI is InChI=1S/C10H9NO2/c12-6-8-2-1-7-5-11-4-3-9(7)10(8)13/h3-6,8H,1-2H2. The maximum atomic E-state index is 11.6. The molecule has 1 aliphatic carbocycles. The molecule has 0 aliphatic heterocycles. The largest absolute Gasteiger partial charge is 0.303 e. The van der Waals surface area contributed by atoms with Crippen molar-refractivity contribution >= 4 is 12.1 Å². The Hall–Kier alpha value is -1.51. The highest BCUT2D eigenvalue weighted by atomic mass is 16.1. The van der Waals surface area contributed by atoms with Crippen molar-refractivity contribution < 1.29 is 9.59 Å². The summed E-state index contributed by atoms with van der Waals surface area (Å²) >= 11 is 0. The van der Waals surface area contributed by atoms with Gasteiger partial charge in [-0.25, -0.2) is 0 Å². The van der Waals surface area contributed by atoms with Crippen molar-refractivity contribution in [3.63, 3.8) is 0 Å². The summed E-state index contributed by atoms with van der Waals surface area (Å²) in [6.07, 6.45) is 5.43. The van der Waals surface area contributed by atoms with E-state index >= 15 is 0 Å². The molecule has 2 rings (SSSR count). The molecule has 0 fully saturated rings. The Morgan fingerprint density at radius 3 is 3.15 bits per heavy atom. The number of Topliss-reactive ketones (excluding diaryl/α,β-unsaturated/α-hetero) is 1. The number of aldehydes is 1. The molecule has 3 heteroatoms. The third-order valence-electron chi connectivity index (χ3n) is 2.39. The zero-order chi connectivity index (χ0) is 9.26. The van der Waals surface area contributed by atoms with E-state index in [4.69, 9.17) is 0 Å². The Morgan fingerprint density at radius 1 is 1.54 bits per heavy atom. The molecule has 1 aliphatic rings. The number of pyridine rings is 1. The summed E-state index contributed by atoms with van der Waals surface area (Å²) in [4.78, 5) is 26.1. The highest BCUT2D eigenvalue weighted by molar-refractivity contribution is 6.06. The molecule has 13 heavy (non-hydrogen) atoms. The molecule has 66 valence electrons. The number of ketones is 1. The number of aromatic nitrogens is 1. The fourth-order valence-corrected chi connectivity index (χ4v) is 1.64. The SMILES string of the molecule is O=CC1CCc2cnccc2C1=O. The Bertz CT molecular complexity index is 360. The number of hydrogen-bond donors (Lipinski definition) is 0. The first-order valence-electron chi connectivity index (χ1n) is 4.25. The number of aryl methyl sites for hydroxylation is 1. The maximum absolute atomic E-state index is 11.6. The van der Waals surface area contributed by atoms with E-state index in [1.54, 1.807) is 18.5 Å². The van der Waals surface area contributed by atoms with Gasteiger partial charge in [-0.3, -0.25) is 9.78 Å². The topological polar surface area (TPSA) is 47.0 Å². The average Bonchev–Trinajstić information content (AvgIpc) is 2.19. The first-order valence-corrected chi connectivity index (χ1v) is 4.25. The van der Waals surface area contributed by atoms with Crippen LogP contribution in [0.2, 0.25) is 0 Å². The smallest absolute Gasteiger partial charge is 0.173 e. The van der Waals surface area contributed by atoms with Gasteiger partial charge < -0.3 is 4.79 Å². The van der Waals surface area contributed by atoms with Crippen molar-refractivity contribution in [3.05, 3.63) is 29.6 Å². The van der Waals surface area contributed by atoms with Crippen LogP contribution in [0.1, 0.15) is 22.3 Å². The van der Waals surface area contributed by atoms with E-state index < -0.39 is 5.92 Å². The minimum absolute atomic E-state index is 0.0568. The molecule has 1 heterocycles. The molecule has 0 saturated heterocycles. The molecular formula is C10H9NO2. The van der Waals surface area contributed by atoms with Gasteiger partial charge in [-0.1, -0.05) is 0 Å². The summed E-state index contributed by atoms with van der Waals surface area (Å²) < 4.78 is 0. The molecule has 1 aromatic rings. The lowest BCUT2D eigenvalue weighted by Crippen LogP contribution is -2.23. The Labute approximate surface area is 75.8 Å². The lowest BCUT2D eigenvalue weighted by Gasteiger charge is -2.17. The van der Waals surface area contributed by atoms with Gasteiger partial charge in [0.2, 0.25) is 0 Å². The number of carbonyl (C=O) groups excluding carboxylic acids is 2. The summed E-state index contributed by atoms with van der Waals surface area (Å²) in [5.41, 5.74) is 1.63. The van der Waals surface area contributed by atoms with Gasteiger partial charge in [0.1, 0.15) is 6.29 Å². The first kappa shape index (κ1) is 8.10. The predicted molar refractivity (Wildman–Crippen MR) is 46.4 cm³/mol. The van der Waals surface area contributed by atoms with Crippen molar-refractivity contribution in [1.82, 2.24) is 4.98 Å². The number of rotatable bonds is 1. The highest BCUT2D eigenvalue weighted by Gasteiger charge is 2.26.